The van der Waals surface area contributed by atoms with Crippen molar-refractivity contribution in [3.8, 4) is 0 Å². The van der Waals surface area contributed by atoms with Crippen LogP contribution < -0.4 is 15.5 Å². The van der Waals surface area contributed by atoms with Crippen LogP contribution in [-0.2, 0) is 4.79 Å². The van der Waals surface area contributed by atoms with Gasteiger partial charge in [-0.15, -0.1) is 0 Å². The Morgan fingerprint density at radius 3 is 2.31 bits per heavy atom. The second-order valence-corrected chi connectivity index (χ2v) is 9.71. The topological polar surface area (TPSA) is 61.4 Å². The Labute approximate surface area is 213 Å². The molecule has 0 unspecified atom stereocenters. The summed E-state index contributed by atoms with van der Waals surface area (Å²) < 4.78 is 0. The molecule has 184 valence electrons. The SMILES string of the molecule is CCCCN(CCCNC(=O)c1ccc(Sc2ccc(C)cc2)c(NC(C)=O)c1)c1ccccc1. The quantitative estimate of drug-likeness (QED) is 0.284. The minimum Gasteiger partial charge on any atom is -0.371 e. The standard InChI is InChI=1S/C29H35N3O2S/c1-4-5-19-32(25-10-7-6-8-11-25)20-9-18-30-29(34)24-14-17-28(27(21-24)31-23(3)33)35-26-15-12-22(2)13-16-26/h6-8,10-17,21H,4-5,9,18-20H2,1-3H3,(H,30,34)(H,31,33). The first-order valence-electron chi connectivity index (χ1n) is 12.2. The summed E-state index contributed by atoms with van der Waals surface area (Å²) in [5.41, 5.74) is 3.59. The Morgan fingerprint density at radius 2 is 1.63 bits per heavy atom. The van der Waals surface area contributed by atoms with E-state index < -0.39 is 0 Å². The van der Waals surface area contributed by atoms with Crippen molar-refractivity contribution in [1.29, 1.82) is 0 Å². The second kappa shape index (κ2) is 13.6. The molecule has 5 nitrogen and oxygen atoms in total. The number of nitrogens with zero attached hydrogens (tertiary/aromatic N) is 1. The van der Waals surface area contributed by atoms with Gasteiger partial charge in [0.25, 0.3) is 5.91 Å². The summed E-state index contributed by atoms with van der Waals surface area (Å²) in [5.74, 6) is -0.301. The maximum absolute atomic E-state index is 12.8. The fourth-order valence-electron chi connectivity index (χ4n) is 3.71. The molecule has 0 aliphatic heterocycles. The summed E-state index contributed by atoms with van der Waals surface area (Å²) in [4.78, 5) is 29.0. The molecule has 0 aromatic heterocycles. The smallest absolute Gasteiger partial charge is 0.251 e. The fraction of sp³-hybridized carbons (Fsp3) is 0.310. The number of rotatable bonds is 12. The molecule has 2 amide bonds. The van der Waals surface area contributed by atoms with Crippen LogP contribution in [0.25, 0.3) is 0 Å². The summed E-state index contributed by atoms with van der Waals surface area (Å²) >= 11 is 1.56. The zero-order chi connectivity index (χ0) is 25.0. The molecule has 0 radical (unpaired) electrons. The largest absolute Gasteiger partial charge is 0.371 e. The zero-order valence-electron chi connectivity index (χ0n) is 20.8. The third-order valence-corrected chi connectivity index (χ3v) is 6.68. The monoisotopic (exact) mass is 489 g/mol. The summed E-state index contributed by atoms with van der Waals surface area (Å²) in [6.45, 7) is 8.20. The Morgan fingerprint density at radius 1 is 0.914 bits per heavy atom. The molecule has 3 rings (SSSR count). The average molecular weight is 490 g/mol. The predicted octanol–water partition coefficient (Wildman–Crippen LogP) is 6.53. The van der Waals surface area contributed by atoms with Crippen molar-refractivity contribution >= 4 is 35.0 Å². The molecule has 0 fully saturated rings. The van der Waals surface area contributed by atoms with E-state index in [-0.39, 0.29) is 11.8 Å². The number of benzene rings is 3. The molecule has 3 aromatic rings. The van der Waals surface area contributed by atoms with Crippen LogP contribution in [0.2, 0.25) is 0 Å². The number of para-hydroxylation sites is 1. The van der Waals surface area contributed by atoms with Crippen molar-refractivity contribution in [2.24, 2.45) is 0 Å². The van der Waals surface area contributed by atoms with Gasteiger partial charge in [-0.3, -0.25) is 9.59 Å². The van der Waals surface area contributed by atoms with Crippen LogP contribution in [0.1, 0.15) is 49.0 Å². The van der Waals surface area contributed by atoms with Gasteiger partial charge in [0, 0.05) is 47.6 Å². The van der Waals surface area contributed by atoms with E-state index in [0.29, 0.717) is 17.8 Å². The van der Waals surface area contributed by atoms with Gasteiger partial charge < -0.3 is 15.5 Å². The lowest BCUT2D eigenvalue weighted by Gasteiger charge is -2.24. The van der Waals surface area contributed by atoms with Crippen molar-refractivity contribution in [2.45, 2.75) is 49.8 Å². The third kappa shape index (κ3) is 8.48. The lowest BCUT2D eigenvalue weighted by Crippen LogP contribution is -2.30. The molecule has 0 bridgehead atoms. The highest BCUT2D eigenvalue weighted by atomic mass is 32.2. The number of carbonyl (C=O) groups is 2. The van der Waals surface area contributed by atoms with E-state index in [1.165, 1.54) is 18.2 Å². The van der Waals surface area contributed by atoms with Crippen molar-refractivity contribution in [3.63, 3.8) is 0 Å². The van der Waals surface area contributed by atoms with Gasteiger partial charge in [-0.05, 0) is 62.2 Å². The maximum Gasteiger partial charge on any atom is 0.251 e. The van der Waals surface area contributed by atoms with E-state index in [0.717, 1.165) is 42.1 Å². The number of amides is 2. The van der Waals surface area contributed by atoms with Gasteiger partial charge in [-0.25, -0.2) is 0 Å². The lowest BCUT2D eigenvalue weighted by atomic mass is 10.2. The van der Waals surface area contributed by atoms with Gasteiger partial charge in [0.1, 0.15) is 0 Å². The van der Waals surface area contributed by atoms with Crippen LogP contribution in [0.4, 0.5) is 11.4 Å². The number of unbranched alkanes of at least 4 members (excludes halogenated alkanes) is 1. The van der Waals surface area contributed by atoms with Crippen LogP contribution in [0.15, 0.2) is 82.6 Å². The normalized spacial score (nSPS) is 10.6. The number of hydrogen-bond donors (Lipinski definition) is 2. The molecule has 0 saturated carbocycles. The van der Waals surface area contributed by atoms with Crippen molar-refractivity contribution in [2.75, 3.05) is 29.9 Å². The number of anilines is 2. The molecule has 0 atom stereocenters. The fourth-order valence-corrected chi connectivity index (χ4v) is 4.59. The van der Waals surface area contributed by atoms with Crippen LogP contribution in [0.5, 0.6) is 0 Å². The molecule has 6 heteroatoms. The lowest BCUT2D eigenvalue weighted by molar-refractivity contribution is -0.114. The minimum absolute atomic E-state index is 0.136. The van der Waals surface area contributed by atoms with Gasteiger partial charge in [-0.1, -0.05) is 61.0 Å². The van der Waals surface area contributed by atoms with E-state index in [4.69, 9.17) is 0 Å². The minimum atomic E-state index is -0.165. The van der Waals surface area contributed by atoms with Gasteiger partial charge in [0.15, 0.2) is 0 Å². The van der Waals surface area contributed by atoms with Crippen LogP contribution in [-0.4, -0.2) is 31.4 Å². The summed E-state index contributed by atoms with van der Waals surface area (Å²) in [6.07, 6.45) is 3.14. The molecule has 0 aliphatic rings. The highest BCUT2D eigenvalue weighted by molar-refractivity contribution is 7.99. The van der Waals surface area contributed by atoms with E-state index in [1.54, 1.807) is 17.8 Å². The Kier molecular flexibility index (Phi) is 10.2. The maximum atomic E-state index is 12.8. The Balaban J connectivity index is 1.60. The van der Waals surface area contributed by atoms with Crippen LogP contribution in [0, 0.1) is 6.92 Å². The number of nitrogens with one attached hydrogen (secondary N) is 2. The van der Waals surface area contributed by atoms with Gasteiger partial charge in [0.2, 0.25) is 5.91 Å². The van der Waals surface area contributed by atoms with Crippen LogP contribution in [0.3, 0.4) is 0 Å². The predicted molar refractivity (Wildman–Crippen MR) is 147 cm³/mol. The molecular weight excluding hydrogens is 454 g/mol. The number of hydrogen-bond acceptors (Lipinski definition) is 4. The second-order valence-electron chi connectivity index (χ2n) is 8.59. The van der Waals surface area contributed by atoms with E-state index in [9.17, 15) is 9.59 Å². The highest BCUT2D eigenvalue weighted by Gasteiger charge is 2.12. The van der Waals surface area contributed by atoms with Crippen molar-refractivity contribution in [1.82, 2.24) is 5.32 Å². The number of carbonyl (C=O) groups excluding carboxylic acids is 2. The molecule has 0 spiro atoms. The zero-order valence-corrected chi connectivity index (χ0v) is 21.7. The Hall–Kier alpha value is -3.25. The van der Waals surface area contributed by atoms with Gasteiger partial charge in [-0.2, -0.15) is 0 Å². The first kappa shape index (κ1) is 26.4. The first-order valence-corrected chi connectivity index (χ1v) is 13.0. The Bertz CT molecular complexity index is 1100. The van der Waals surface area contributed by atoms with Crippen molar-refractivity contribution in [3.05, 3.63) is 83.9 Å². The molecular formula is C29H35N3O2S. The van der Waals surface area contributed by atoms with Gasteiger partial charge in [0.05, 0.1) is 5.69 Å². The van der Waals surface area contributed by atoms with Crippen molar-refractivity contribution < 1.29 is 9.59 Å². The van der Waals surface area contributed by atoms with E-state index >= 15 is 0 Å². The molecule has 0 saturated heterocycles. The summed E-state index contributed by atoms with van der Waals surface area (Å²) in [6, 6.07) is 24.1. The molecule has 0 heterocycles. The van der Waals surface area contributed by atoms with E-state index in [1.807, 2.05) is 18.2 Å². The summed E-state index contributed by atoms with van der Waals surface area (Å²) in [5, 5.41) is 5.91. The molecule has 2 N–H and O–H groups in total. The number of aryl methyl sites for hydroxylation is 1. The first-order chi connectivity index (χ1) is 17.0. The van der Waals surface area contributed by atoms with E-state index in [2.05, 4.69) is 77.9 Å². The average Bonchev–Trinajstić information content (AvgIpc) is 2.86. The molecule has 0 aliphatic carbocycles. The highest BCUT2D eigenvalue weighted by Crippen LogP contribution is 2.34. The molecule has 3 aromatic carbocycles. The van der Waals surface area contributed by atoms with Crippen LogP contribution >= 0.6 is 11.8 Å². The molecule has 35 heavy (non-hydrogen) atoms. The van der Waals surface area contributed by atoms with Gasteiger partial charge >= 0.3 is 0 Å². The summed E-state index contributed by atoms with van der Waals surface area (Å²) in [7, 11) is 0. The third-order valence-electron chi connectivity index (χ3n) is 5.59.